The van der Waals surface area contributed by atoms with Gasteiger partial charge < -0.3 is 19.5 Å². The van der Waals surface area contributed by atoms with Gasteiger partial charge >= 0.3 is 0 Å². The van der Waals surface area contributed by atoms with Crippen LogP contribution in [0, 0.1) is 0 Å². The van der Waals surface area contributed by atoms with Crippen LogP contribution in [-0.4, -0.2) is 57.9 Å². The summed E-state index contributed by atoms with van der Waals surface area (Å²) in [4.78, 5) is 14.8. The maximum Gasteiger partial charge on any atom is 0.244 e. The zero-order valence-electron chi connectivity index (χ0n) is 17.6. The van der Waals surface area contributed by atoms with Crippen molar-refractivity contribution >= 4 is 35.2 Å². The van der Waals surface area contributed by atoms with Crippen molar-refractivity contribution in [3.8, 4) is 11.5 Å². The highest BCUT2D eigenvalue weighted by Crippen LogP contribution is 2.36. The zero-order valence-corrected chi connectivity index (χ0v) is 19.1. The number of methoxy groups -OCH3 is 2. The lowest BCUT2D eigenvalue weighted by molar-refractivity contribution is -0.116. The van der Waals surface area contributed by atoms with Gasteiger partial charge in [0, 0.05) is 30.7 Å². The van der Waals surface area contributed by atoms with Crippen LogP contribution in [0.5, 0.6) is 11.5 Å². The highest BCUT2D eigenvalue weighted by atomic mass is 35.5. The van der Waals surface area contributed by atoms with Crippen LogP contribution >= 0.6 is 23.2 Å². The molecule has 166 valence electrons. The van der Waals surface area contributed by atoms with E-state index >= 15 is 0 Å². The van der Waals surface area contributed by atoms with Gasteiger partial charge in [-0.3, -0.25) is 9.69 Å². The number of rotatable bonds is 8. The third kappa shape index (κ3) is 6.37. The van der Waals surface area contributed by atoms with Gasteiger partial charge in [0.25, 0.3) is 0 Å². The minimum absolute atomic E-state index is 0.0361. The van der Waals surface area contributed by atoms with Crippen LogP contribution in [0.15, 0.2) is 42.5 Å². The number of nitrogens with zero attached hydrogens (tertiary/aromatic N) is 1. The van der Waals surface area contributed by atoms with Crippen LogP contribution in [0.2, 0.25) is 10.0 Å². The van der Waals surface area contributed by atoms with E-state index in [2.05, 4.69) is 10.2 Å². The van der Waals surface area contributed by atoms with Crippen molar-refractivity contribution in [2.45, 2.75) is 6.04 Å². The average Bonchev–Trinajstić information content (AvgIpc) is 2.79. The summed E-state index contributed by atoms with van der Waals surface area (Å²) in [6, 6.07) is 11.2. The van der Waals surface area contributed by atoms with Gasteiger partial charge in [-0.1, -0.05) is 35.3 Å². The van der Waals surface area contributed by atoms with E-state index < -0.39 is 0 Å². The molecular weight excluding hydrogens is 439 g/mol. The van der Waals surface area contributed by atoms with Crippen LogP contribution in [0.4, 0.5) is 0 Å². The highest BCUT2D eigenvalue weighted by Gasteiger charge is 2.23. The summed E-state index contributed by atoms with van der Waals surface area (Å²) in [5.74, 6) is 0.769. The van der Waals surface area contributed by atoms with E-state index in [4.69, 9.17) is 37.4 Å². The van der Waals surface area contributed by atoms with Gasteiger partial charge in [0.2, 0.25) is 5.91 Å². The Bertz CT molecular complexity index is 913. The number of morpholine rings is 1. The number of nitrogens with one attached hydrogen (secondary N) is 1. The molecule has 1 aliphatic rings. The van der Waals surface area contributed by atoms with E-state index in [1.165, 1.54) is 20.3 Å². The maximum atomic E-state index is 12.5. The molecule has 8 heteroatoms. The maximum absolute atomic E-state index is 12.5. The second-order valence-electron chi connectivity index (χ2n) is 7.03. The Balaban J connectivity index is 1.68. The van der Waals surface area contributed by atoms with E-state index in [-0.39, 0.29) is 11.9 Å². The van der Waals surface area contributed by atoms with E-state index in [9.17, 15) is 4.79 Å². The number of hydrogen-bond donors (Lipinski definition) is 1. The van der Waals surface area contributed by atoms with Gasteiger partial charge in [-0.25, -0.2) is 0 Å². The Morgan fingerprint density at radius 3 is 2.52 bits per heavy atom. The Hall–Kier alpha value is -2.25. The van der Waals surface area contributed by atoms with Crippen molar-refractivity contribution in [3.05, 3.63) is 63.6 Å². The molecule has 1 aliphatic heterocycles. The number of amides is 1. The van der Waals surface area contributed by atoms with Gasteiger partial charge in [0.05, 0.1) is 38.5 Å². The van der Waals surface area contributed by atoms with Crippen molar-refractivity contribution in [1.82, 2.24) is 10.2 Å². The molecule has 1 fully saturated rings. The quantitative estimate of drug-likeness (QED) is 0.592. The lowest BCUT2D eigenvalue weighted by Crippen LogP contribution is -2.43. The van der Waals surface area contributed by atoms with Gasteiger partial charge in [-0.05, 0) is 41.5 Å². The average molecular weight is 465 g/mol. The Morgan fingerprint density at radius 1 is 1.16 bits per heavy atom. The molecule has 0 bridgehead atoms. The van der Waals surface area contributed by atoms with Crippen molar-refractivity contribution < 1.29 is 19.0 Å². The van der Waals surface area contributed by atoms with Gasteiger partial charge in [-0.2, -0.15) is 0 Å². The first-order chi connectivity index (χ1) is 15.0. The Kier molecular flexibility index (Phi) is 8.60. The molecule has 0 spiro atoms. The van der Waals surface area contributed by atoms with Crippen molar-refractivity contribution in [3.63, 3.8) is 0 Å². The molecule has 0 saturated carbocycles. The minimum Gasteiger partial charge on any atom is -0.493 e. The fraction of sp³-hybridized carbons (Fsp3) is 0.348. The molecule has 3 rings (SSSR count). The topological polar surface area (TPSA) is 60.0 Å². The van der Waals surface area contributed by atoms with Crippen LogP contribution in [0.25, 0.3) is 6.08 Å². The van der Waals surface area contributed by atoms with Crippen LogP contribution in [0.1, 0.15) is 17.2 Å². The predicted octanol–water partition coefficient (Wildman–Crippen LogP) is 4.21. The molecule has 1 N–H and O–H groups in total. The number of hydrogen-bond acceptors (Lipinski definition) is 5. The number of halogens is 2. The summed E-state index contributed by atoms with van der Waals surface area (Å²) in [5.41, 5.74) is 1.84. The van der Waals surface area contributed by atoms with Gasteiger partial charge in [0.15, 0.2) is 11.5 Å². The summed E-state index contributed by atoms with van der Waals surface area (Å²) in [6.07, 6.45) is 3.17. The number of ether oxygens (including phenoxy) is 3. The van der Waals surface area contributed by atoms with Gasteiger partial charge in [-0.15, -0.1) is 0 Å². The first-order valence-corrected chi connectivity index (χ1v) is 10.7. The lowest BCUT2D eigenvalue weighted by atomic mass is 10.0. The molecule has 6 nitrogen and oxygen atoms in total. The van der Waals surface area contributed by atoms with Crippen LogP contribution in [0.3, 0.4) is 0 Å². The van der Waals surface area contributed by atoms with Crippen molar-refractivity contribution in [2.24, 2.45) is 0 Å². The van der Waals surface area contributed by atoms with E-state index in [1.54, 1.807) is 18.2 Å². The molecule has 0 aliphatic carbocycles. The van der Waals surface area contributed by atoms with Crippen LogP contribution < -0.4 is 14.8 Å². The van der Waals surface area contributed by atoms with E-state index in [1.807, 2.05) is 24.3 Å². The molecule has 1 unspecified atom stereocenters. The third-order valence-electron chi connectivity index (χ3n) is 5.09. The monoisotopic (exact) mass is 464 g/mol. The zero-order chi connectivity index (χ0) is 22.2. The summed E-state index contributed by atoms with van der Waals surface area (Å²) < 4.78 is 16.0. The third-order valence-corrected chi connectivity index (χ3v) is 5.63. The first-order valence-electron chi connectivity index (χ1n) is 9.96. The van der Waals surface area contributed by atoms with Gasteiger partial charge in [0.1, 0.15) is 0 Å². The number of carbonyl (C=O) groups is 1. The van der Waals surface area contributed by atoms with Crippen molar-refractivity contribution in [1.29, 1.82) is 0 Å². The summed E-state index contributed by atoms with van der Waals surface area (Å²) >= 11 is 12.3. The minimum atomic E-state index is -0.196. The second-order valence-corrected chi connectivity index (χ2v) is 7.88. The Labute approximate surface area is 192 Å². The van der Waals surface area contributed by atoms with Crippen molar-refractivity contribution in [2.75, 3.05) is 47.1 Å². The Morgan fingerprint density at radius 2 is 1.87 bits per heavy atom. The molecule has 1 heterocycles. The van der Waals surface area contributed by atoms with E-state index in [0.29, 0.717) is 41.3 Å². The molecule has 1 amide bonds. The molecule has 0 aromatic heterocycles. The SMILES string of the molecule is COc1cc(/C=C/C(=O)NCC(c2ccc(Cl)cc2)N2CCOCC2)cc(Cl)c1OC. The standard InChI is InChI=1S/C23H26Cl2N2O4/c1-29-21-14-16(13-19(25)23(21)30-2)3-8-22(28)26-15-20(27-9-11-31-12-10-27)17-4-6-18(24)7-5-17/h3-8,13-14,20H,9-12,15H2,1-2H3,(H,26,28)/b8-3+. The summed E-state index contributed by atoms with van der Waals surface area (Å²) in [5, 5.41) is 4.10. The molecule has 0 radical (unpaired) electrons. The smallest absolute Gasteiger partial charge is 0.244 e. The predicted molar refractivity (Wildman–Crippen MR) is 123 cm³/mol. The number of carbonyl (C=O) groups excluding carboxylic acids is 1. The molecular formula is C23H26Cl2N2O4. The lowest BCUT2D eigenvalue weighted by Gasteiger charge is -2.34. The summed E-state index contributed by atoms with van der Waals surface area (Å²) in [7, 11) is 3.06. The summed E-state index contributed by atoms with van der Waals surface area (Å²) in [6.45, 7) is 3.44. The molecule has 2 aromatic carbocycles. The molecule has 31 heavy (non-hydrogen) atoms. The van der Waals surface area contributed by atoms with E-state index in [0.717, 1.165) is 24.2 Å². The molecule has 1 atom stereocenters. The fourth-order valence-corrected chi connectivity index (χ4v) is 3.92. The van der Waals surface area contributed by atoms with Crippen LogP contribution in [-0.2, 0) is 9.53 Å². The number of benzene rings is 2. The largest absolute Gasteiger partial charge is 0.493 e. The first kappa shape index (κ1) is 23.4. The molecule has 2 aromatic rings. The highest BCUT2D eigenvalue weighted by molar-refractivity contribution is 6.32. The molecule has 1 saturated heterocycles. The fourth-order valence-electron chi connectivity index (χ4n) is 3.49. The normalized spacial score (nSPS) is 15.6. The second kappa shape index (κ2) is 11.4.